The summed E-state index contributed by atoms with van der Waals surface area (Å²) in [5.41, 5.74) is 4.54. The Morgan fingerprint density at radius 1 is 1.09 bits per heavy atom. The molecule has 1 N–H and O–H groups in total. The third-order valence-corrected chi connectivity index (χ3v) is 4.78. The molecule has 0 aliphatic rings. The van der Waals surface area contributed by atoms with Crippen LogP contribution in [0.4, 0.5) is 0 Å². The summed E-state index contributed by atoms with van der Waals surface area (Å²) in [7, 11) is 0. The summed E-state index contributed by atoms with van der Waals surface area (Å²) < 4.78 is 5.36. The number of hydrogen-bond acceptors (Lipinski definition) is 4. The molecular weight excluding hydrogens is 308 g/mol. The second-order valence-electron chi connectivity index (χ2n) is 5.53. The molecule has 2 heterocycles. The fourth-order valence-electron chi connectivity index (χ4n) is 2.51. The third-order valence-electron chi connectivity index (χ3n) is 3.89. The smallest absolute Gasteiger partial charge is 0.350 e. The maximum atomic E-state index is 12.1. The molecular formula is C18H14N2O2S. The molecule has 4 nitrogen and oxygen atoms in total. The molecule has 0 amide bonds. The largest absolute Gasteiger partial charge is 0.422 e. The van der Waals surface area contributed by atoms with E-state index in [2.05, 4.69) is 29.9 Å². The summed E-state index contributed by atoms with van der Waals surface area (Å²) in [6, 6.07) is 13.4. The van der Waals surface area contributed by atoms with Crippen LogP contribution in [0.2, 0.25) is 0 Å². The van der Waals surface area contributed by atoms with Gasteiger partial charge in [-0.05, 0) is 61.0 Å². The van der Waals surface area contributed by atoms with Crippen LogP contribution in [-0.4, -0.2) is 9.97 Å². The minimum absolute atomic E-state index is 0.346. The van der Waals surface area contributed by atoms with Crippen molar-refractivity contribution < 1.29 is 4.42 Å². The lowest BCUT2D eigenvalue weighted by molar-refractivity contribution is 0.543. The Balaban J connectivity index is 1.78. The first-order chi connectivity index (χ1) is 11.1. The maximum absolute atomic E-state index is 12.1. The van der Waals surface area contributed by atoms with E-state index in [1.165, 1.54) is 22.9 Å². The van der Waals surface area contributed by atoms with Crippen molar-refractivity contribution in [1.29, 1.82) is 0 Å². The number of aromatic amines is 1. The Bertz CT molecular complexity index is 1060. The number of benzene rings is 2. The molecule has 0 saturated carbocycles. The summed E-state index contributed by atoms with van der Waals surface area (Å²) >= 11 is 1.29. The van der Waals surface area contributed by atoms with E-state index >= 15 is 0 Å². The van der Waals surface area contributed by atoms with Crippen LogP contribution in [-0.2, 0) is 0 Å². The number of aryl methyl sites for hydroxylation is 2. The van der Waals surface area contributed by atoms with Crippen molar-refractivity contribution in [3.05, 3.63) is 64.0 Å². The van der Waals surface area contributed by atoms with Crippen molar-refractivity contribution in [2.75, 3.05) is 0 Å². The average molecular weight is 322 g/mol. The van der Waals surface area contributed by atoms with Gasteiger partial charge in [0.15, 0.2) is 5.16 Å². The predicted molar refractivity (Wildman–Crippen MR) is 92.2 cm³/mol. The van der Waals surface area contributed by atoms with Crippen molar-refractivity contribution in [2.24, 2.45) is 0 Å². The molecule has 2 aromatic carbocycles. The molecule has 114 valence electrons. The molecule has 0 unspecified atom stereocenters. The lowest BCUT2D eigenvalue weighted by Gasteiger charge is -1.99. The molecule has 2 aromatic heterocycles. The highest BCUT2D eigenvalue weighted by atomic mass is 32.2. The summed E-state index contributed by atoms with van der Waals surface area (Å²) in [6.07, 6.45) is 0. The molecule has 0 bridgehead atoms. The van der Waals surface area contributed by atoms with Gasteiger partial charge in [-0.2, -0.15) is 0 Å². The molecule has 0 aliphatic heterocycles. The van der Waals surface area contributed by atoms with Crippen LogP contribution >= 0.6 is 11.8 Å². The highest BCUT2D eigenvalue weighted by molar-refractivity contribution is 7.99. The lowest BCUT2D eigenvalue weighted by atomic mass is 10.1. The zero-order chi connectivity index (χ0) is 16.0. The molecule has 0 radical (unpaired) electrons. The number of fused-ring (bicyclic) bond motifs is 2. The molecule has 0 fully saturated rings. The molecule has 0 spiro atoms. The van der Waals surface area contributed by atoms with Crippen LogP contribution in [0.3, 0.4) is 0 Å². The Kier molecular flexibility index (Phi) is 3.23. The fraction of sp³-hybridized carbons (Fsp3) is 0.111. The van der Waals surface area contributed by atoms with Crippen LogP contribution < -0.4 is 5.63 Å². The monoisotopic (exact) mass is 322 g/mol. The molecule has 0 saturated heterocycles. The second-order valence-corrected chi connectivity index (χ2v) is 6.56. The van der Waals surface area contributed by atoms with E-state index in [1.54, 1.807) is 6.07 Å². The summed E-state index contributed by atoms with van der Waals surface area (Å²) in [5.74, 6) is 0. The first-order valence-electron chi connectivity index (χ1n) is 7.28. The number of hydrogen-bond donors (Lipinski definition) is 1. The van der Waals surface area contributed by atoms with E-state index in [9.17, 15) is 4.79 Å². The summed E-state index contributed by atoms with van der Waals surface area (Å²) in [6.45, 7) is 4.13. The van der Waals surface area contributed by atoms with Crippen molar-refractivity contribution in [3.63, 3.8) is 0 Å². The van der Waals surface area contributed by atoms with Gasteiger partial charge in [0.25, 0.3) is 0 Å². The Morgan fingerprint density at radius 2 is 1.87 bits per heavy atom. The maximum Gasteiger partial charge on any atom is 0.350 e. The zero-order valence-corrected chi connectivity index (χ0v) is 13.5. The fourth-order valence-corrected chi connectivity index (χ4v) is 3.34. The minimum atomic E-state index is -0.346. The van der Waals surface area contributed by atoms with Crippen LogP contribution in [0.15, 0.2) is 61.7 Å². The third kappa shape index (κ3) is 2.53. The SMILES string of the molecule is Cc1cc2nc(Sc3cc4ccccc4oc3=O)[nH]c2cc1C. The van der Waals surface area contributed by atoms with Crippen LogP contribution in [0, 0.1) is 13.8 Å². The van der Waals surface area contributed by atoms with Crippen LogP contribution in [0.25, 0.3) is 22.0 Å². The van der Waals surface area contributed by atoms with Gasteiger partial charge in [0.05, 0.1) is 11.0 Å². The number of aromatic nitrogens is 2. The number of H-pyrrole nitrogens is 1. The highest BCUT2D eigenvalue weighted by Crippen LogP contribution is 2.28. The van der Waals surface area contributed by atoms with Gasteiger partial charge in [0, 0.05) is 5.39 Å². The Labute approximate surface area is 136 Å². The van der Waals surface area contributed by atoms with Crippen molar-refractivity contribution >= 4 is 33.8 Å². The van der Waals surface area contributed by atoms with Gasteiger partial charge in [-0.1, -0.05) is 18.2 Å². The number of nitrogens with one attached hydrogen (secondary N) is 1. The average Bonchev–Trinajstić information content (AvgIpc) is 2.90. The lowest BCUT2D eigenvalue weighted by Crippen LogP contribution is -2.01. The zero-order valence-electron chi connectivity index (χ0n) is 12.7. The van der Waals surface area contributed by atoms with Crippen molar-refractivity contribution in [1.82, 2.24) is 9.97 Å². The van der Waals surface area contributed by atoms with Gasteiger partial charge < -0.3 is 9.40 Å². The van der Waals surface area contributed by atoms with Crippen molar-refractivity contribution in [2.45, 2.75) is 23.9 Å². The molecule has 4 rings (SSSR count). The molecule has 5 heteroatoms. The van der Waals surface area contributed by atoms with E-state index in [0.717, 1.165) is 16.4 Å². The van der Waals surface area contributed by atoms with Gasteiger partial charge >= 0.3 is 5.63 Å². The summed E-state index contributed by atoms with van der Waals surface area (Å²) in [4.78, 5) is 20.5. The molecule has 0 aliphatic carbocycles. The number of rotatable bonds is 2. The first-order valence-corrected chi connectivity index (χ1v) is 8.09. The van der Waals surface area contributed by atoms with E-state index in [1.807, 2.05) is 30.3 Å². The van der Waals surface area contributed by atoms with Gasteiger partial charge in [-0.25, -0.2) is 9.78 Å². The van der Waals surface area contributed by atoms with Gasteiger partial charge in [-0.15, -0.1) is 0 Å². The predicted octanol–water partition coefficient (Wildman–Crippen LogP) is 4.44. The van der Waals surface area contributed by atoms with Crippen molar-refractivity contribution in [3.8, 4) is 0 Å². The van der Waals surface area contributed by atoms with E-state index in [-0.39, 0.29) is 5.63 Å². The van der Waals surface area contributed by atoms with E-state index in [4.69, 9.17) is 4.42 Å². The first kappa shape index (κ1) is 14.1. The van der Waals surface area contributed by atoms with Crippen LogP contribution in [0.1, 0.15) is 11.1 Å². The second kappa shape index (κ2) is 5.28. The van der Waals surface area contributed by atoms with Gasteiger partial charge in [0.2, 0.25) is 0 Å². The Morgan fingerprint density at radius 3 is 2.74 bits per heavy atom. The quantitative estimate of drug-likeness (QED) is 0.554. The highest BCUT2D eigenvalue weighted by Gasteiger charge is 2.11. The van der Waals surface area contributed by atoms with E-state index in [0.29, 0.717) is 15.6 Å². The number of para-hydroxylation sites is 1. The molecule has 23 heavy (non-hydrogen) atoms. The topological polar surface area (TPSA) is 58.9 Å². The van der Waals surface area contributed by atoms with E-state index < -0.39 is 0 Å². The Hall–Kier alpha value is -2.53. The number of nitrogens with zero attached hydrogens (tertiary/aromatic N) is 1. The van der Waals surface area contributed by atoms with Gasteiger partial charge in [0.1, 0.15) is 10.5 Å². The van der Waals surface area contributed by atoms with Crippen LogP contribution in [0.5, 0.6) is 0 Å². The van der Waals surface area contributed by atoms with Gasteiger partial charge in [-0.3, -0.25) is 0 Å². The summed E-state index contributed by atoms with van der Waals surface area (Å²) in [5, 5.41) is 1.59. The molecule has 4 aromatic rings. The normalized spacial score (nSPS) is 11.4. The minimum Gasteiger partial charge on any atom is -0.422 e. The number of imidazole rings is 1. The molecule has 0 atom stereocenters. The standard InChI is InChI=1S/C18H14N2O2S/c1-10-7-13-14(8-11(10)2)20-18(19-13)23-16-9-12-5-3-4-6-15(12)22-17(16)21/h3-9H,1-2H3,(H,19,20).